The van der Waals surface area contributed by atoms with Crippen molar-refractivity contribution in [1.29, 1.82) is 0 Å². The first-order valence-corrected chi connectivity index (χ1v) is 5.30. The molecule has 0 bridgehead atoms. The van der Waals surface area contributed by atoms with Crippen LogP contribution < -0.4 is 4.57 Å². The highest BCUT2D eigenvalue weighted by Gasteiger charge is 2.13. The predicted molar refractivity (Wildman–Crippen MR) is 67.3 cm³/mol. The van der Waals surface area contributed by atoms with Crippen LogP contribution >= 0.6 is 0 Å². The van der Waals surface area contributed by atoms with E-state index in [1.54, 1.807) is 24.7 Å². The van der Waals surface area contributed by atoms with Crippen LogP contribution in [0.5, 0.6) is 0 Å². The molecule has 0 fully saturated rings. The van der Waals surface area contributed by atoms with Gasteiger partial charge in [-0.25, -0.2) is 4.57 Å². The SMILES string of the molecule is [2H]c1c(C)c(C([2H])([2H])[2H])c[n+](C)c1-c1ccccc1C. The standard InChI is InChI=1S/C15H18N/c1-11-7-5-6-8-14(11)15-9-12(2)13(3)10-16(15)4/h5-10H,1-4H3/q+1/i3D3,9D. The summed E-state index contributed by atoms with van der Waals surface area (Å²) in [6.07, 6.45) is 1.61. The summed E-state index contributed by atoms with van der Waals surface area (Å²) in [6.45, 7) is 1.50. The van der Waals surface area contributed by atoms with Crippen molar-refractivity contribution in [2.75, 3.05) is 0 Å². The van der Waals surface area contributed by atoms with Gasteiger partial charge in [-0.3, -0.25) is 0 Å². The molecule has 0 aliphatic heterocycles. The van der Waals surface area contributed by atoms with Crippen molar-refractivity contribution in [1.82, 2.24) is 0 Å². The van der Waals surface area contributed by atoms with E-state index in [9.17, 15) is 0 Å². The van der Waals surface area contributed by atoms with Crippen molar-refractivity contribution in [2.24, 2.45) is 7.05 Å². The van der Waals surface area contributed by atoms with E-state index in [2.05, 4.69) is 0 Å². The summed E-state index contributed by atoms with van der Waals surface area (Å²) in [5, 5.41) is 0. The number of aromatic nitrogens is 1. The molecular weight excluding hydrogens is 194 g/mol. The maximum Gasteiger partial charge on any atom is 0.212 e. The van der Waals surface area contributed by atoms with Crippen LogP contribution in [-0.2, 0) is 7.05 Å². The molecule has 1 heterocycles. The van der Waals surface area contributed by atoms with Crippen LogP contribution in [0.3, 0.4) is 0 Å². The van der Waals surface area contributed by atoms with Gasteiger partial charge < -0.3 is 0 Å². The van der Waals surface area contributed by atoms with Crippen molar-refractivity contribution < 1.29 is 10.1 Å². The highest BCUT2D eigenvalue weighted by Crippen LogP contribution is 2.21. The zero-order valence-corrected chi connectivity index (χ0v) is 9.83. The number of aryl methyl sites for hydroxylation is 3. The second-order valence-electron chi connectivity index (χ2n) is 4.07. The lowest BCUT2D eigenvalue weighted by atomic mass is 10.0. The number of pyridine rings is 1. The van der Waals surface area contributed by atoms with Crippen molar-refractivity contribution in [3.63, 3.8) is 0 Å². The summed E-state index contributed by atoms with van der Waals surface area (Å²) in [7, 11) is 1.79. The zero-order valence-electron chi connectivity index (χ0n) is 13.8. The Hall–Kier alpha value is -1.63. The highest BCUT2D eigenvalue weighted by atomic mass is 14.9. The molecule has 0 aliphatic rings. The van der Waals surface area contributed by atoms with Gasteiger partial charge in [-0.05, 0) is 37.9 Å². The van der Waals surface area contributed by atoms with Crippen molar-refractivity contribution in [3.8, 4) is 11.3 Å². The molecule has 2 rings (SSSR count). The lowest BCUT2D eigenvalue weighted by molar-refractivity contribution is -0.660. The van der Waals surface area contributed by atoms with Crippen molar-refractivity contribution >= 4 is 0 Å². The van der Waals surface area contributed by atoms with Gasteiger partial charge in [0.05, 0.1) is 1.37 Å². The molecule has 0 radical (unpaired) electrons. The fourth-order valence-electron chi connectivity index (χ4n) is 1.78. The Labute approximate surface area is 103 Å². The molecule has 0 saturated heterocycles. The van der Waals surface area contributed by atoms with Crippen LogP contribution in [0.25, 0.3) is 11.3 Å². The maximum absolute atomic E-state index is 8.32. The monoisotopic (exact) mass is 216 g/mol. The molecule has 2 aromatic rings. The Morgan fingerprint density at radius 2 is 1.88 bits per heavy atom. The lowest BCUT2D eigenvalue weighted by Crippen LogP contribution is -2.31. The smallest absolute Gasteiger partial charge is 0.201 e. The van der Waals surface area contributed by atoms with Crippen LogP contribution in [0.2, 0.25) is 0 Å². The first kappa shape index (κ1) is 6.85. The summed E-state index contributed by atoms with van der Waals surface area (Å²) in [5.74, 6) is 0. The summed E-state index contributed by atoms with van der Waals surface area (Å²) in [5.41, 5.74) is 3.52. The van der Waals surface area contributed by atoms with Gasteiger partial charge in [0.15, 0.2) is 6.20 Å². The van der Waals surface area contributed by atoms with Gasteiger partial charge in [0, 0.05) is 21.3 Å². The van der Waals surface area contributed by atoms with Gasteiger partial charge in [0.25, 0.3) is 0 Å². The molecule has 1 heteroatoms. The van der Waals surface area contributed by atoms with Crippen LogP contribution in [-0.4, -0.2) is 0 Å². The van der Waals surface area contributed by atoms with Gasteiger partial charge >= 0.3 is 0 Å². The second-order valence-corrected chi connectivity index (χ2v) is 4.07. The minimum Gasteiger partial charge on any atom is -0.201 e. The Balaban J connectivity index is 2.76. The maximum atomic E-state index is 8.32. The van der Waals surface area contributed by atoms with E-state index in [0.29, 0.717) is 5.56 Å². The van der Waals surface area contributed by atoms with E-state index < -0.39 is 6.85 Å². The number of hydrogen-bond donors (Lipinski definition) is 0. The first-order chi connectivity index (χ1) is 9.23. The molecule has 0 atom stereocenters. The van der Waals surface area contributed by atoms with Gasteiger partial charge in [-0.2, -0.15) is 0 Å². The Morgan fingerprint density at radius 1 is 1.12 bits per heavy atom. The molecule has 16 heavy (non-hydrogen) atoms. The summed E-state index contributed by atoms with van der Waals surface area (Å²) < 4.78 is 32.7. The molecule has 0 amide bonds. The molecule has 0 saturated carbocycles. The average molecular weight is 216 g/mol. The fraction of sp³-hybridized carbons (Fsp3) is 0.267. The minimum atomic E-state index is -2.19. The summed E-state index contributed by atoms with van der Waals surface area (Å²) in [6, 6.07) is 8.09. The number of nitrogens with zero attached hydrogens (tertiary/aromatic N) is 1. The third kappa shape index (κ3) is 1.85. The number of rotatable bonds is 1. The largest absolute Gasteiger partial charge is 0.212 e. The summed E-state index contributed by atoms with van der Waals surface area (Å²) >= 11 is 0. The predicted octanol–water partition coefficient (Wildman–Crippen LogP) is 3.10. The van der Waals surface area contributed by atoms with Crippen LogP contribution in [0.15, 0.2) is 36.5 Å². The molecule has 0 unspecified atom stereocenters. The Kier molecular flexibility index (Phi) is 1.75. The van der Waals surface area contributed by atoms with Crippen LogP contribution in [0.1, 0.15) is 22.2 Å². The number of hydrogen-bond acceptors (Lipinski definition) is 0. The average Bonchev–Trinajstić information content (AvgIpc) is 2.35. The molecule has 1 aromatic heterocycles. The molecule has 1 aromatic carbocycles. The molecular formula is C15H18N+. The van der Waals surface area contributed by atoms with E-state index in [0.717, 1.165) is 16.8 Å². The second kappa shape index (κ2) is 4.09. The highest BCUT2D eigenvalue weighted by molar-refractivity contribution is 5.61. The quantitative estimate of drug-likeness (QED) is 0.645. The Morgan fingerprint density at radius 3 is 2.56 bits per heavy atom. The van der Waals surface area contributed by atoms with Crippen molar-refractivity contribution in [3.05, 3.63) is 53.2 Å². The van der Waals surface area contributed by atoms with Crippen LogP contribution in [0, 0.1) is 20.7 Å². The summed E-state index contributed by atoms with van der Waals surface area (Å²) in [4.78, 5) is 0. The van der Waals surface area contributed by atoms with E-state index in [-0.39, 0.29) is 11.6 Å². The van der Waals surface area contributed by atoms with Gasteiger partial charge in [0.2, 0.25) is 5.69 Å². The lowest BCUT2D eigenvalue weighted by Gasteiger charge is -2.06. The minimum absolute atomic E-state index is 0.238. The molecule has 0 N–H and O–H groups in total. The van der Waals surface area contributed by atoms with E-state index in [4.69, 9.17) is 5.48 Å². The zero-order chi connectivity index (χ0) is 15.1. The van der Waals surface area contributed by atoms with Gasteiger partial charge in [-0.15, -0.1) is 0 Å². The van der Waals surface area contributed by atoms with Gasteiger partial charge in [0.1, 0.15) is 7.05 Å². The van der Waals surface area contributed by atoms with Crippen LogP contribution in [0.4, 0.5) is 0 Å². The van der Waals surface area contributed by atoms with E-state index in [1.165, 1.54) is 0 Å². The van der Waals surface area contributed by atoms with E-state index in [1.807, 2.05) is 31.2 Å². The normalized spacial score (nSPS) is 14.9. The number of benzene rings is 1. The fourth-order valence-corrected chi connectivity index (χ4v) is 1.78. The topological polar surface area (TPSA) is 3.88 Å². The third-order valence-electron chi connectivity index (χ3n) is 2.79. The molecule has 0 aliphatic carbocycles. The van der Waals surface area contributed by atoms with E-state index >= 15 is 0 Å². The van der Waals surface area contributed by atoms with Gasteiger partial charge in [-0.1, -0.05) is 18.2 Å². The Bertz CT molecular complexity index is 660. The third-order valence-corrected chi connectivity index (χ3v) is 2.79. The molecule has 82 valence electrons. The molecule has 1 nitrogen and oxygen atoms in total. The van der Waals surface area contributed by atoms with Crippen molar-refractivity contribution in [2.45, 2.75) is 20.7 Å². The first-order valence-electron chi connectivity index (χ1n) is 7.30. The molecule has 0 spiro atoms.